The molecule has 0 aliphatic heterocycles. The van der Waals surface area contributed by atoms with Crippen molar-refractivity contribution in [1.82, 2.24) is 0 Å². The molecule has 3 unspecified atom stereocenters. The molecule has 0 heterocycles. The topological polar surface area (TPSA) is 52.6 Å². The average molecular weight is 308 g/mol. The van der Waals surface area contributed by atoms with Gasteiger partial charge in [-0.2, -0.15) is 0 Å². The van der Waals surface area contributed by atoms with Gasteiger partial charge in [-0.3, -0.25) is 9.59 Å². The summed E-state index contributed by atoms with van der Waals surface area (Å²) in [5.41, 5.74) is -1.12. The van der Waals surface area contributed by atoms with Crippen molar-refractivity contribution in [3.05, 3.63) is 12.2 Å². The predicted octanol–water partition coefficient (Wildman–Crippen LogP) is 3.50. The Balaban J connectivity index is 2.16. The summed E-state index contributed by atoms with van der Waals surface area (Å²) in [6, 6.07) is 0. The van der Waals surface area contributed by atoms with Gasteiger partial charge in [0.05, 0.1) is 13.2 Å². The lowest BCUT2D eigenvalue weighted by Crippen LogP contribution is -2.49. The smallest absolute Gasteiger partial charge is 0.324 e. The van der Waals surface area contributed by atoms with Gasteiger partial charge in [0.15, 0.2) is 5.41 Å². The highest BCUT2D eigenvalue weighted by atomic mass is 16.6. The van der Waals surface area contributed by atoms with E-state index in [-0.39, 0.29) is 29.7 Å². The largest absolute Gasteiger partial charge is 0.465 e. The Labute approximate surface area is 133 Å². The van der Waals surface area contributed by atoms with Crippen molar-refractivity contribution in [3.63, 3.8) is 0 Å². The molecule has 2 bridgehead atoms. The van der Waals surface area contributed by atoms with Crippen LogP contribution >= 0.6 is 0 Å². The molecule has 2 rings (SSSR count). The summed E-state index contributed by atoms with van der Waals surface area (Å²) in [5, 5.41) is 0. The van der Waals surface area contributed by atoms with E-state index in [0.29, 0.717) is 13.2 Å². The molecule has 22 heavy (non-hydrogen) atoms. The van der Waals surface area contributed by atoms with Gasteiger partial charge in [0.25, 0.3) is 0 Å². The summed E-state index contributed by atoms with van der Waals surface area (Å²) in [6.07, 6.45) is 8.56. The second-order valence-electron chi connectivity index (χ2n) is 6.53. The zero-order valence-corrected chi connectivity index (χ0v) is 14.0. The van der Waals surface area contributed by atoms with Gasteiger partial charge in [-0.05, 0) is 31.1 Å². The van der Waals surface area contributed by atoms with Crippen molar-refractivity contribution in [2.75, 3.05) is 13.2 Å². The second-order valence-corrected chi connectivity index (χ2v) is 6.53. The first-order valence-electron chi connectivity index (χ1n) is 8.61. The first kappa shape index (κ1) is 17.0. The van der Waals surface area contributed by atoms with Crippen LogP contribution in [-0.4, -0.2) is 25.2 Å². The summed E-state index contributed by atoms with van der Waals surface area (Å²) in [6.45, 7) is 6.84. The van der Waals surface area contributed by atoms with E-state index in [1.807, 2.05) is 26.8 Å². The lowest BCUT2D eigenvalue weighted by Gasteiger charge is -2.35. The first-order valence-corrected chi connectivity index (χ1v) is 8.61. The van der Waals surface area contributed by atoms with Crippen molar-refractivity contribution in [1.29, 1.82) is 0 Å². The zero-order valence-electron chi connectivity index (χ0n) is 14.0. The number of rotatable bonds is 8. The van der Waals surface area contributed by atoms with Crippen molar-refractivity contribution in [2.24, 2.45) is 23.2 Å². The molecule has 4 heteroatoms. The molecule has 2 aliphatic rings. The minimum atomic E-state index is -1.12. The molecule has 0 saturated heterocycles. The summed E-state index contributed by atoms with van der Waals surface area (Å²) in [4.78, 5) is 25.5. The first-order chi connectivity index (χ1) is 10.6. The molecule has 0 amide bonds. The van der Waals surface area contributed by atoms with Crippen molar-refractivity contribution < 1.29 is 19.1 Å². The van der Waals surface area contributed by atoms with Crippen LogP contribution in [0.2, 0.25) is 0 Å². The molecular formula is C18H28O4. The van der Waals surface area contributed by atoms with Crippen LogP contribution in [0.4, 0.5) is 0 Å². The number of esters is 2. The Hall–Kier alpha value is -1.32. The van der Waals surface area contributed by atoms with Gasteiger partial charge in [-0.25, -0.2) is 0 Å². The molecule has 0 aromatic heterocycles. The van der Waals surface area contributed by atoms with Gasteiger partial charge >= 0.3 is 11.9 Å². The number of unbranched alkanes of at least 4 members (excludes halogenated alkanes) is 2. The Morgan fingerprint density at radius 2 is 1.59 bits per heavy atom. The molecule has 0 radical (unpaired) electrons. The Morgan fingerprint density at radius 3 is 2.00 bits per heavy atom. The van der Waals surface area contributed by atoms with Crippen molar-refractivity contribution in [3.8, 4) is 0 Å². The maximum Gasteiger partial charge on any atom is 0.324 e. The van der Waals surface area contributed by atoms with Crippen LogP contribution in [0.1, 0.15) is 52.9 Å². The molecule has 2 aliphatic carbocycles. The Morgan fingerprint density at radius 1 is 1.05 bits per heavy atom. The van der Waals surface area contributed by atoms with Crippen LogP contribution in [-0.2, 0) is 19.1 Å². The number of carbonyl (C=O) groups is 2. The highest BCUT2D eigenvalue weighted by Crippen LogP contribution is 2.57. The molecule has 124 valence electrons. The number of hydrogen-bond acceptors (Lipinski definition) is 4. The molecular weight excluding hydrogens is 280 g/mol. The fourth-order valence-electron chi connectivity index (χ4n) is 3.73. The minimum absolute atomic E-state index is 0.0502. The third-order valence-corrected chi connectivity index (χ3v) is 5.20. The maximum absolute atomic E-state index is 12.8. The number of hydrogen-bond donors (Lipinski definition) is 0. The summed E-state index contributed by atoms with van der Waals surface area (Å²) >= 11 is 0. The number of ether oxygens (including phenoxy) is 2. The van der Waals surface area contributed by atoms with Crippen LogP contribution in [0.15, 0.2) is 12.2 Å². The summed E-state index contributed by atoms with van der Waals surface area (Å²) < 4.78 is 10.9. The van der Waals surface area contributed by atoms with E-state index in [2.05, 4.69) is 6.08 Å². The van der Waals surface area contributed by atoms with Crippen LogP contribution in [0.3, 0.4) is 0 Å². The van der Waals surface area contributed by atoms with Crippen LogP contribution in [0, 0.1) is 23.2 Å². The monoisotopic (exact) mass is 308 g/mol. The van der Waals surface area contributed by atoms with E-state index in [9.17, 15) is 9.59 Å². The fourth-order valence-corrected chi connectivity index (χ4v) is 3.73. The minimum Gasteiger partial charge on any atom is -0.465 e. The fraction of sp³-hybridized carbons (Fsp3) is 0.778. The summed E-state index contributed by atoms with van der Waals surface area (Å²) in [5.74, 6) is -0.609. The van der Waals surface area contributed by atoms with E-state index in [4.69, 9.17) is 9.47 Å². The van der Waals surface area contributed by atoms with Gasteiger partial charge in [0.2, 0.25) is 0 Å². The Kier molecular flexibility index (Phi) is 5.65. The van der Waals surface area contributed by atoms with Crippen LogP contribution < -0.4 is 0 Å². The zero-order chi connectivity index (χ0) is 16.2. The van der Waals surface area contributed by atoms with E-state index in [1.165, 1.54) is 0 Å². The van der Waals surface area contributed by atoms with Gasteiger partial charge in [-0.15, -0.1) is 0 Å². The third kappa shape index (κ3) is 2.80. The quantitative estimate of drug-likeness (QED) is 0.298. The number of carbonyl (C=O) groups excluding carboxylic acids is 2. The lowest BCUT2D eigenvalue weighted by molar-refractivity contribution is -0.178. The second kappa shape index (κ2) is 7.30. The molecule has 0 aromatic carbocycles. The standard InChI is InChI=1S/C18H28O4/c1-4-6-10-21-16(19)18(17(20)22-11-7-5-2)13(3)14-8-9-15(18)12-14/h8-9,13-15H,4-7,10-12H2,1-3H3. The number of allylic oxidation sites excluding steroid dienone is 2. The summed E-state index contributed by atoms with van der Waals surface area (Å²) in [7, 11) is 0. The normalized spacial score (nSPS) is 27.9. The van der Waals surface area contributed by atoms with Crippen molar-refractivity contribution in [2.45, 2.75) is 52.9 Å². The van der Waals surface area contributed by atoms with E-state index >= 15 is 0 Å². The van der Waals surface area contributed by atoms with Gasteiger partial charge in [0.1, 0.15) is 0 Å². The third-order valence-electron chi connectivity index (χ3n) is 5.20. The predicted molar refractivity (Wildman–Crippen MR) is 84.1 cm³/mol. The SMILES string of the molecule is CCCCOC(=O)C1(C(=O)OCCCC)C2C=CC(C2)C1C. The highest BCUT2D eigenvalue weighted by molar-refractivity contribution is 6.02. The van der Waals surface area contributed by atoms with E-state index in [1.54, 1.807) is 0 Å². The number of fused-ring (bicyclic) bond motifs is 2. The highest BCUT2D eigenvalue weighted by Gasteiger charge is 2.65. The molecule has 4 nitrogen and oxygen atoms in total. The Bertz CT molecular complexity index is 418. The van der Waals surface area contributed by atoms with Gasteiger partial charge < -0.3 is 9.47 Å². The van der Waals surface area contributed by atoms with Crippen molar-refractivity contribution >= 4 is 11.9 Å². The molecule has 0 N–H and O–H groups in total. The van der Waals surface area contributed by atoms with Gasteiger partial charge in [0, 0.05) is 5.92 Å². The molecule has 0 spiro atoms. The van der Waals surface area contributed by atoms with E-state index < -0.39 is 5.41 Å². The van der Waals surface area contributed by atoms with E-state index in [0.717, 1.165) is 32.1 Å². The molecule has 1 fully saturated rings. The average Bonchev–Trinajstić information content (AvgIpc) is 3.08. The lowest BCUT2D eigenvalue weighted by atomic mass is 9.69. The molecule has 1 saturated carbocycles. The maximum atomic E-state index is 12.8. The molecule has 3 atom stereocenters. The van der Waals surface area contributed by atoms with Crippen LogP contribution in [0.25, 0.3) is 0 Å². The van der Waals surface area contributed by atoms with Crippen LogP contribution in [0.5, 0.6) is 0 Å². The van der Waals surface area contributed by atoms with Gasteiger partial charge in [-0.1, -0.05) is 45.8 Å². The molecule has 0 aromatic rings.